The van der Waals surface area contributed by atoms with Crippen molar-refractivity contribution in [3.05, 3.63) is 40.5 Å². The van der Waals surface area contributed by atoms with E-state index in [1.54, 1.807) is 24.4 Å². The van der Waals surface area contributed by atoms with E-state index < -0.39 is 0 Å². The molecule has 1 aromatic rings. The standard InChI is InChI=1S/C18H26Cl2N4.C2H6/c1-24(15-5-3-2-4-6-15)12-11-23-18(21)9-10-22-14-7-8-16(19)17(20)13-14;1-2/h7-10,13,15,22H,2-6,11-12H2,1H3,(H2,21,23);1-2H3/b10-9-;. The highest BCUT2D eigenvalue weighted by molar-refractivity contribution is 6.42. The minimum Gasteiger partial charge on any atom is -0.384 e. The van der Waals surface area contributed by atoms with E-state index in [4.69, 9.17) is 28.9 Å². The van der Waals surface area contributed by atoms with Crippen LogP contribution >= 0.6 is 23.2 Å². The second kappa shape index (κ2) is 13.0. The Labute approximate surface area is 168 Å². The van der Waals surface area contributed by atoms with Crippen LogP contribution in [0.25, 0.3) is 0 Å². The summed E-state index contributed by atoms with van der Waals surface area (Å²) in [5.74, 6) is 0.514. The molecule has 0 spiro atoms. The number of halogens is 2. The molecule has 3 N–H and O–H groups in total. The monoisotopic (exact) mass is 398 g/mol. The molecule has 2 rings (SSSR count). The number of nitrogens with two attached hydrogens (primary N) is 1. The Bertz CT molecular complexity index is 581. The molecule has 0 saturated heterocycles. The van der Waals surface area contributed by atoms with E-state index in [-0.39, 0.29) is 0 Å². The highest BCUT2D eigenvalue weighted by Gasteiger charge is 2.17. The van der Waals surface area contributed by atoms with Crippen LogP contribution in [0.1, 0.15) is 46.0 Å². The summed E-state index contributed by atoms with van der Waals surface area (Å²) in [5, 5.41) is 4.15. The Hall–Kier alpha value is -1.23. The van der Waals surface area contributed by atoms with Crippen LogP contribution in [0.3, 0.4) is 0 Å². The second-order valence-corrected chi connectivity index (χ2v) is 7.00. The largest absolute Gasteiger partial charge is 0.384 e. The average molecular weight is 399 g/mol. The third-order valence-electron chi connectivity index (χ3n) is 4.37. The summed E-state index contributed by atoms with van der Waals surface area (Å²) < 4.78 is 0. The summed E-state index contributed by atoms with van der Waals surface area (Å²) in [4.78, 5) is 6.81. The molecule has 0 amide bonds. The minimum atomic E-state index is 0.514. The molecule has 6 heteroatoms. The van der Waals surface area contributed by atoms with Crippen LogP contribution in [0.4, 0.5) is 5.69 Å². The van der Waals surface area contributed by atoms with Crippen molar-refractivity contribution in [1.82, 2.24) is 4.90 Å². The van der Waals surface area contributed by atoms with Crippen LogP contribution in [-0.4, -0.2) is 36.9 Å². The van der Waals surface area contributed by atoms with Crippen LogP contribution in [0.2, 0.25) is 10.0 Å². The predicted molar refractivity (Wildman–Crippen MR) is 117 cm³/mol. The number of benzene rings is 1. The molecule has 0 aliphatic heterocycles. The zero-order valence-electron chi connectivity index (χ0n) is 16.1. The van der Waals surface area contributed by atoms with Crippen LogP contribution in [0.5, 0.6) is 0 Å². The lowest BCUT2D eigenvalue weighted by Gasteiger charge is -2.30. The van der Waals surface area contributed by atoms with E-state index in [2.05, 4.69) is 22.3 Å². The predicted octanol–water partition coefficient (Wildman–Crippen LogP) is 5.57. The first-order chi connectivity index (χ1) is 12.6. The van der Waals surface area contributed by atoms with E-state index in [1.165, 1.54) is 32.1 Å². The molecule has 146 valence electrons. The molecule has 1 saturated carbocycles. The number of hydrogen-bond acceptors (Lipinski definition) is 3. The normalized spacial score (nSPS) is 15.8. The molecule has 1 aromatic carbocycles. The quantitative estimate of drug-likeness (QED) is 0.466. The van der Waals surface area contributed by atoms with Gasteiger partial charge in [0.25, 0.3) is 0 Å². The smallest absolute Gasteiger partial charge is 0.119 e. The van der Waals surface area contributed by atoms with Gasteiger partial charge in [-0.3, -0.25) is 4.99 Å². The molecule has 26 heavy (non-hydrogen) atoms. The molecule has 4 nitrogen and oxygen atoms in total. The van der Waals surface area contributed by atoms with Gasteiger partial charge < -0.3 is 16.0 Å². The van der Waals surface area contributed by atoms with Crippen molar-refractivity contribution in [1.29, 1.82) is 0 Å². The number of aliphatic imine (C=N–C) groups is 1. The number of nitrogens with one attached hydrogen (secondary N) is 1. The Kier molecular flexibility index (Phi) is 11.4. The van der Waals surface area contributed by atoms with Crippen molar-refractivity contribution in [2.45, 2.75) is 52.0 Å². The van der Waals surface area contributed by atoms with E-state index in [1.807, 2.05) is 19.9 Å². The Morgan fingerprint density at radius 2 is 1.92 bits per heavy atom. The number of likely N-dealkylation sites (N-methyl/N-ethyl adjacent to an activating group) is 1. The molecular weight excluding hydrogens is 367 g/mol. The van der Waals surface area contributed by atoms with Crippen molar-refractivity contribution in [3.8, 4) is 0 Å². The van der Waals surface area contributed by atoms with Gasteiger partial charge in [0.1, 0.15) is 5.84 Å². The third kappa shape index (κ3) is 8.43. The van der Waals surface area contributed by atoms with Crippen LogP contribution in [-0.2, 0) is 0 Å². The molecule has 0 unspecified atom stereocenters. The second-order valence-electron chi connectivity index (χ2n) is 6.19. The average Bonchev–Trinajstić information content (AvgIpc) is 2.67. The van der Waals surface area contributed by atoms with E-state index in [9.17, 15) is 0 Å². The molecule has 1 fully saturated rings. The molecule has 1 aliphatic rings. The number of amidine groups is 1. The summed E-state index contributed by atoms with van der Waals surface area (Å²) in [6, 6.07) is 6.08. The third-order valence-corrected chi connectivity index (χ3v) is 5.11. The fourth-order valence-electron chi connectivity index (χ4n) is 2.90. The first-order valence-corrected chi connectivity index (χ1v) is 10.2. The zero-order chi connectivity index (χ0) is 19.4. The molecule has 0 aromatic heterocycles. The van der Waals surface area contributed by atoms with Gasteiger partial charge in [0.2, 0.25) is 0 Å². The number of anilines is 1. The molecule has 0 radical (unpaired) electrons. The molecule has 0 bridgehead atoms. The maximum Gasteiger partial charge on any atom is 0.119 e. The van der Waals surface area contributed by atoms with Crippen molar-refractivity contribution in [3.63, 3.8) is 0 Å². The van der Waals surface area contributed by atoms with Gasteiger partial charge in [-0.2, -0.15) is 0 Å². The summed E-state index contributed by atoms with van der Waals surface area (Å²) in [6.07, 6.45) is 10.2. The summed E-state index contributed by atoms with van der Waals surface area (Å²) in [6.45, 7) is 5.66. The van der Waals surface area contributed by atoms with Crippen LogP contribution in [0.15, 0.2) is 35.5 Å². The lowest BCUT2D eigenvalue weighted by atomic mass is 9.94. The Morgan fingerprint density at radius 3 is 2.58 bits per heavy atom. The maximum atomic E-state index is 5.97. The highest BCUT2D eigenvalue weighted by atomic mass is 35.5. The lowest BCUT2D eigenvalue weighted by molar-refractivity contribution is 0.196. The number of nitrogens with zero attached hydrogens (tertiary/aromatic N) is 2. The van der Waals surface area contributed by atoms with Gasteiger partial charge >= 0.3 is 0 Å². The fraction of sp³-hybridized carbons (Fsp3) is 0.550. The van der Waals surface area contributed by atoms with Crippen molar-refractivity contribution in [2.24, 2.45) is 10.7 Å². The van der Waals surface area contributed by atoms with Gasteiger partial charge in [-0.1, -0.05) is 56.3 Å². The van der Waals surface area contributed by atoms with Crippen LogP contribution < -0.4 is 11.1 Å². The molecular formula is C20H32Cl2N4. The minimum absolute atomic E-state index is 0.514. The zero-order valence-corrected chi connectivity index (χ0v) is 17.7. The van der Waals surface area contributed by atoms with Gasteiger partial charge in [-0.15, -0.1) is 0 Å². The highest BCUT2D eigenvalue weighted by Crippen LogP contribution is 2.25. The SMILES string of the molecule is CC.CN(CCN=C(N)/C=C\Nc1ccc(Cl)c(Cl)c1)C1CCCCC1. The van der Waals surface area contributed by atoms with E-state index in [0.29, 0.717) is 21.9 Å². The van der Waals surface area contributed by atoms with Crippen molar-refractivity contribution >= 4 is 34.7 Å². The first kappa shape index (κ1) is 22.8. The van der Waals surface area contributed by atoms with Crippen molar-refractivity contribution in [2.75, 3.05) is 25.5 Å². The summed E-state index contributed by atoms with van der Waals surface area (Å²) in [7, 11) is 2.18. The Balaban J connectivity index is 0.00000163. The van der Waals surface area contributed by atoms with Crippen molar-refractivity contribution < 1.29 is 0 Å². The van der Waals surface area contributed by atoms with Gasteiger partial charge in [-0.25, -0.2) is 0 Å². The van der Waals surface area contributed by atoms with Gasteiger partial charge in [0.05, 0.1) is 16.6 Å². The molecule has 1 aliphatic carbocycles. The molecule has 0 atom stereocenters. The first-order valence-electron chi connectivity index (χ1n) is 9.44. The Morgan fingerprint density at radius 1 is 1.23 bits per heavy atom. The number of rotatable bonds is 7. The van der Waals surface area contributed by atoms with Gasteiger partial charge in [0.15, 0.2) is 0 Å². The lowest BCUT2D eigenvalue weighted by Crippen LogP contribution is -2.35. The maximum absolute atomic E-state index is 5.97. The topological polar surface area (TPSA) is 53.6 Å². The fourth-order valence-corrected chi connectivity index (χ4v) is 3.20. The van der Waals surface area contributed by atoms with E-state index in [0.717, 1.165) is 18.8 Å². The van der Waals surface area contributed by atoms with E-state index >= 15 is 0 Å². The van der Waals surface area contributed by atoms with Gasteiger partial charge in [-0.05, 0) is 44.2 Å². The molecule has 0 heterocycles. The van der Waals surface area contributed by atoms with Gasteiger partial charge in [0, 0.05) is 24.5 Å². The van der Waals surface area contributed by atoms with Crippen LogP contribution in [0, 0.1) is 0 Å². The number of hydrogen-bond donors (Lipinski definition) is 2. The summed E-state index contributed by atoms with van der Waals surface area (Å²) >= 11 is 11.9. The summed E-state index contributed by atoms with van der Waals surface area (Å²) in [5.41, 5.74) is 6.77.